The first-order valence-electron chi connectivity index (χ1n) is 3.26. The van der Waals surface area contributed by atoms with Crippen molar-refractivity contribution in [3.8, 4) is 5.88 Å². The minimum absolute atomic E-state index is 0. The molecule has 0 aromatic carbocycles. The summed E-state index contributed by atoms with van der Waals surface area (Å²) < 4.78 is 25.9. The van der Waals surface area contributed by atoms with Crippen LogP contribution in [0.3, 0.4) is 0 Å². The quantitative estimate of drug-likeness (QED) is 0.389. The first kappa shape index (κ1) is 12.7. The molecule has 1 aromatic heterocycles. The third-order valence-corrected chi connectivity index (χ3v) is 2.01. The molecule has 0 radical (unpaired) electrons. The van der Waals surface area contributed by atoms with Gasteiger partial charge in [0.05, 0.1) is 12.0 Å². The maximum absolute atomic E-state index is 10.6. The summed E-state index contributed by atoms with van der Waals surface area (Å²) in [4.78, 5) is 3.98. The number of aromatic nitrogens is 1. The van der Waals surface area contributed by atoms with E-state index in [1.54, 1.807) is 13.0 Å². The van der Waals surface area contributed by atoms with Gasteiger partial charge in [0.1, 0.15) is 0 Å². The van der Waals surface area contributed by atoms with Crippen LogP contribution in [-0.4, -0.2) is 20.9 Å². The van der Waals surface area contributed by atoms with Crippen LogP contribution in [0.5, 0.6) is 5.88 Å². The Morgan fingerprint density at radius 3 is 2.62 bits per heavy atom. The minimum atomic E-state index is -2.29. The van der Waals surface area contributed by atoms with Crippen LogP contribution in [0.2, 0.25) is 0 Å². The SMILES string of the molecule is COc1nc(C)ccc1S(=O)[O-].[Li+]. The van der Waals surface area contributed by atoms with E-state index in [0.29, 0.717) is 0 Å². The summed E-state index contributed by atoms with van der Waals surface area (Å²) in [6.45, 7) is 1.76. The van der Waals surface area contributed by atoms with Crippen LogP contribution in [0.1, 0.15) is 5.69 Å². The zero-order chi connectivity index (χ0) is 9.14. The van der Waals surface area contributed by atoms with Gasteiger partial charge in [0.2, 0.25) is 5.88 Å². The third-order valence-electron chi connectivity index (χ3n) is 1.34. The Bertz CT molecular complexity index is 319. The average Bonchev–Trinajstić information content (AvgIpc) is 2.03. The first-order chi connectivity index (χ1) is 5.65. The van der Waals surface area contributed by atoms with Gasteiger partial charge in [-0.05, 0) is 30.1 Å². The number of methoxy groups -OCH3 is 1. The molecule has 0 aliphatic rings. The van der Waals surface area contributed by atoms with E-state index in [-0.39, 0.29) is 29.6 Å². The van der Waals surface area contributed by atoms with Gasteiger partial charge in [-0.3, -0.25) is 4.21 Å². The fourth-order valence-electron chi connectivity index (χ4n) is 0.793. The van der Waals surface area contributed by atoms with Crippen molar-refractivity contribution >= 4 is 11.1 Å². The molecule has 1 atom stereocenters. The van der Waals surface area contributed by atoms with Crippen LogP contribution in [0.15, 0.2) is 17.0 Å². The van der Waals surface area contributed by atoms with Gasteiger partial charge in [0.25, 0.3) is 0 Å². The Labute approximate surface area is 91.2 Å². The van der Waals surface area contributed by atoms with Gasteiger partial charge in [-0.15, -0.1) is 0 Å². The van der Waals surface area contributed by atoms with Crippen LogP contribution < -0.4 is 23.6 Å². The van der Waals surface area contributed by atoms with E-state index in [0.717, 1.165) is 5.69 Å². The van der Waals surface area contributed by atoms with Crippen molar-refractivity contribution in [2.45, 2.75) is 11.8 Å². The van der Waals surface area contributed by atoms with Gasteiger partial charge >= 0.3 is 18.9 Å². The molecular formula is C7H8LiNO3S. The predicted octanol–water partition coefficient (Wildman–Crippen LogP) is -2.36. The molecule has 0 aliphatic carbocycles. The molecule has 66 valence electrons. The standard InChI is InChI=1S/C7H9NO3S.Li/c1-5-3-4-6(12(9)10)7(8-5)11-2;/h3-4H,1-2H3,(H,9,10);/q;+1/p-1. The molecule has 1 aromatic rings. The molecule has 1 rings (SSSR count). The van der Waals surface area contributed by atoms with Crippen molar-refractivity contribution in [2.24, 2.45) is 0 Å². The molecule has 0 amide bonds. The van der Waals surface area contributed by atoms with Gasteiger partial charge < -0.3 is 9.29 Å². The molecule has 6 heteroatoms. The fourth-order valence-corrected chi connectivity index (χ4v) is 1.24. The first-order valence-corrected chi connectivity index (χ1v) is 4.33. The summed E-state index contributed by atoms with van der Waals surface area (Å²) in [6, 6.07) is 3.08. The topological polar surface area (TPSA) is 62.2 Å². The molecule has 0 N–H and O–H groups in total. The molecule has 0 bridgehead atoms. The van der Waals surface area contributed by atoms with E-state index in [1.165, 1.54) is 13.2 Å². The summed E-state index contributed by atoms with van der Waals surface area (Å²) in [5.74, 6) is 0.142. The summed E-state index contributed by atoms with van der Waals surface area (Å²) in [5, 5.41) is 0. The van der Waals surface area contributed by atoms with Crippen LogP contribution in [-0.2, 0) is 11.1 Å². The maximum atomic E-state index is 10.6. The van der Waals surface area contributed by atoms with E-state index in [2.05, 4.69) is 4.98 Å². The van der Waals surface area contributed by atoms with E-state index < -0.39 is 11.1 Å². The van der Waals surface area contributed by atoms with Crippen molar-refractivity contribution < 1.29 is 32.4 Å². The molecule has 0 aliphatic heterocycles. The van der Waals surface area contributed by atoms with E-state index in [1.807, 2.05) is 0 Å². The number of aryl methyl sites for hydroxylation is 1. The zero-order valence-corrected chi connectivity index (χ0v) is 8.55. The zero-order valence-electron chi connectivity index (χ0n) is 7.73. The van der Waals surface area contributed by atoms with Gasteiger partial charge in [0.15, 0.2) is 0 Å². The average molecular weight is 193 g/mol. The molecular weight excluding hydrogens is 185 g/mol. The number of hydrogen-bond donors (Lipinski definition) is 0. The number of rotatable bonds is 2. The second-order valence-corrected chi connectivity index (χ2v) is 3.10. The molecule has 1 unspecified atom stereocenters. The van der Waals surface area contributed by atoms with Crippen molar-refractivity contribution in [3.63, 3.8) is 0 Å². The number of ether oxygens (including phenoxy) is 1. The Kier molecular flexibility index (Phi) is 5.26. The Morgan fingerprint density at radius 1 is 1.54 bits per heavy atom. The summed E-state index contributed by atoms with van der Waals surface area (Å²) in [7, 11) is 1.39. The smallest absolute Gasteiger partial charge is 0.768 e. The molecule has 13 heavy (non-hydrogen) atoms. The van der Waals surface area contributed by atoms with Gasteiger partial charge in [-0.25, -0.2) is 4.98 Å². The van der Waals surface area contributed by atoms with Crippen LogP contribution in [0.25, 0.3) is 0 Å². The Hall–Kier alpha value is -0.343. The number of nitrogens with zero attached hydrogens (tertiary/aromatic N) is 1. The van der Waals surface area contributed by atoms with Crippen molar-refractivity contribution in [1.82, 2.24) is 4.98 Å². The summed E-state index contributed by atoms with van der Waals surface area (Å²) in [6.07, 6.45) is 0. The van der Waals surface area contributed by atoms with Crippen molar-refractivity contribution in [2.75, 3.05) is 7.11 Å². The van der Waals surface area contributed by atoms with E-state index in [9.17, 15) is 8.76 Å². The van der Waals surface area contributed by atoms with Gasteiger partial charge in [0, 0.05) is 5.69 Å². The monoisotopic (exact) mass is 193 g/mol. The second kappa shape index (κ2) is 5.40. The fraction of sp³-hybridized carbons (Fsp3) is 0.286. The molecule has 0 saturated carbocycles. The van der Waals surface area contributed by atoms with Crippen LogP contribution in [0, 0.1) is 6.92 Å². The minimum Gasteiger partial charge on any atom is -0.768 e. The number of pyridine rings is 1. The third kappa shape index (κ3) is 3.12. The molecule has 4 nitrogen and oxygen atoms in total. The number of hydrogen-bond acceptors (Lipinski definition) is 4. The van der Waals surface area contributed by atoms with E-state index in [4.69, 9.17) is 4.74 Å². The van der Waals surface area contributed by atoms with Gasteiger partial charge in [-0.1, -0.05) is 0 Å². The molecule has 1 heterocycles. The molecule has 0 saturated heterocycles. The Balaban J connectivity index is 0.00000144. The predicted molar refractivity (Wildman–Crippen MR) is 42.7 cm³/mol. The molecule has 0 fully saturated rings. The summed E-state index contributed by atoms with van der Waals surface area (Å²) in [5.41, 5.74) is 0.723. The van der Waals surface area contributed by atoms with Gasteiger partial charge in [-0.2, -0.15) is 0 Å². The van der Waals surface area contributed by atoms with Crippen molar-refractivity contribution in [3.05, 3.63) is 17.8 Å². The second-order valence-electron chi connectivity index (χ2n) is 2.19. The Morgan fingerprint density at radius 2 is 2.15 bits per heavy atom. The van der Waals surface area contributed by atoms with Crippen LogP contribution >= 0.6 is 0 Å². The van der Waals surface area contributed by atoms with Crippen molar-refractivity contribution in [1.29, 1.82) is 0 Å². The normalized spacial score (nSPS) is 11.6. The summed E-state index contributed by atoms with van der Waals surface area (Å²) >= 11 is -2.29. The molecule has 0 spiro atoms. The van der Waals surface area contributed by atoms with Crippen LogP contribution in [0.4, 0.5) is 0 Å². The van der Waals surface area contributed by atoms with E-state index >= 15 is 0 Å². The maximum Gasteiger partial charge on any atom is 1.00 e. The largest absolute Gasteiger partial charge is 1.00 e.